The molecule has 6 rings (SSSR count). The predicted molar refractivity (Wildman–Crippen MR) is 145 cm³/mol. The standard InChI is InChI=1S/C27H24N6O3S2/c1-31-24-15-16-32(38(35,36)25-14-8-13-22-26(25)30-37-29-22)17-21(24)23(28-31)18-33(20-11-6-3-7-12-20)27(34)19-9-4-2-5-10-19/h2-14H,15-18H2,1H3. The van der Waals surface area contributed by atoms with E-state index in [1.807, 2.05) is 55.6 Å². The molecule has 0 atom stereocenters. The average molecular weight is 545 g/mol. The SMILES string of the molecule is Cn1nc(CN(C(=O)c2ccccc2)c2ccccc2)c2c1CCN(S(=O)(=O)c1cccc3nsnc13)C2. The van der Waals surface area contributed by atoms with Gasteiger partial charge in [0.1, 0.15) is 15.9 Å². The fourth-order valence-corrected chi connectivity index (χ4v) is 7.04. The van der Waals surface area contributed by atoms with E-state index in [0.29, 0.717) is 35.3 Å². The second kappa shape index (κ2) is 9.75. The summed E-state index contributed by atoms with van der Waals surface area (Å²) in [5.41, 5.74) is 4.73. The molecule has 0 fully saturated rings. The van der Waals surface area contributed by atoms with Crippen LogP contribution in [-0.2, 0) is 36.6 Å². The summed E-state index contributed by atoms with van der Waals surface area (Å²) >= 11 is 0.996. The summed E-state index contributed by atoms with van der Waals surface area (Å²) in [5.74, 6) is -0.154. The lowest BCUT2D eigenvalue weighted by Crippen LogP contribution is -2.37. The van der Waals surface area contributed by atoms with Crippen LogP contribution in [-0.4, -0.2) is 43.7 Å². The summed E-state index contributed by atoms with van der Waals surface area (Å²) < 4.78 is 39.2. The van der Waals surface area contributed by atoms with Crippen molar-refractivity contribution in [3.63, 3.8) is 0 Å². The van der Waals surface area contributed by atoms with E-state index in [1.165, 1.54) is 4.31 Å². The van der Waals surface area contributed by atoms with Crippen LogP contribution < -0.4 is 4.90 Å². The summed E-state index contributed by atoms with van der Waals surface area (Å²) in [7, 11) is -1.97. The number of aryl methyl sites for hydroxylation is 1. The average Bonchev–Trinajstić information content (AvgIpc) is 3.56. The topological polar surface area (TPSA) is 101 Å². The molecule has 5 aromatic rings. The van der Waals surface area contributed by atoms with Crippen molar-refractivity contribution >= 4 is 44.4 Å². The van der Waals surface area contributed by atoms with Gasteiger partial charge in [-0.15, -0.1) is 0 Å². The Balaban J connectivity index is 1.36. The summed E-state index contributed by atoms with van der Waals surface area (Å²) in [5, 5.41) is 4.75. The first kappa shape index (κ1) is 24.4. The number of aromatic nitrogens is 4. The molecule has 0 spiro atoms. The number of amides is 1. The third-order valence-electron chi connectivity index (χ3n) is 6.80. The van der Waals surface area contributed by atoms with E-state index in [4.69, 9.17) is 5.10 Å². The number of fused-ring (bicyclic) bond motifs is 2. The molecule has 1 aliphatic rings. The van der Waals surface area contributed by atoms with E-state index in [0.717, 1.165) is 28.7 Å². The molecule has 1 amide bonds. The van der Waals surface area contributed by atoms with Crippen LogP contribution in [0.3, 0.4) is 0 Å². The van der Waals surface area contributed by atoms with Crippen molar-refractivity contribution in [2.75, 3.05) is 11.4 Å². The number of carbonyl (C=O) groups is 1. The smallest absolute Gasteiger partial charge is 0.258 e. The molecule has 9 nitrogen and oxygen atoms in total. The maximum absolute atomic E-state index is 13.7. The van der Waals surface area contributed by atoms with E-state index in [1.54, 1.807) is 39.9 Å². The van der Waals surface area contributed by atoms with Crippen molar-refractivity contribution in [3.05, 3.63) is 101 Å². The van der Waals surface area contributed by atoms with E-state index in [2.05, 4.69) is 8.75 Å². The van der Waals surface area contributed by atoms with Gasteiger partial charge in [-0.05, 0) is 36.4 Å². The number of nitrogens with zero attached hydrogens (tertiary/aromatic N) is 6. The number of carbonyl (C=O) groups excluding carboxylic acids is 1. The zero-order valence-corrected chi connectivity index (χ0v) is 22.2. The van der Waals surface area contributed by atoms with Gasteiger partial charge in [-0.3, -0.25) is 9.48 Å². The Hall–Kier alpha value is -3.93. The van der Waals surface area contributed by atoms with E-state index < -0.39 is 10.0 Å². The Labute approximate surface area is 224 Å². The Morgan fingerprint density at radius 2 is 1.71 bits per heavy atom. The summed E-state index contributed by atoms with van der Waals surface area (Å²) in [6.45, 7) is 0.699. The maximum Gasteiger partial charge on any atom is 0.258 e. The molecule has 2 aromatic heterocycles. The minimum atomic E-state index is -3.83. The van der Waals surface area contributed by atoms with Crippen LogP contribution in [0.2, 0.25) is 0 Å². The fourth-order valence-electron chi connectivity index (χ4n) is 4.88. The molecule has 0 saturated carbocycles. The molecule has 0 saturated heterocycles. The van der Waals surface area contributed by atoms with Crippen molar-refractivity contribution < 1.29 is 13.2 Å². The molecular weight excluding hydrogens is 520 g/mol. The van der Waals surface area contributed by atoms with Crippen LogP contribution in [0.1, 0.15) is 27.3 Å². The number of anilines is 1. The van der Waals surface area contributed by atoms with Gasteiger partial charge < -0.3 is 4.90 Å². The number of para-hydroxylation sites is 1. The highest BCUT2D eigenvalue weighted by Gasteiger charge is 2.34. The van der Waals surface area contributed by atoms with Gasteiger partial charge in [0, 0.05) is 49.1 Å². The van der Waals surface area contributed by atoms with Crippen molar-refractivity contribution in [1.82, 2.24) is 22.8 Å². The van der Waals surface area contributed by atoms with Crippen LogP contribution in [0.4, 0.5) is 5.69 Å². The van der Waals surface area contributed by atoms with Crippen molar-refractivity contribution in [2.45, 2.75) is 24.4 Å². The Kier molecular flexibility index (Phi) is 6.26. The maximum atomic E-state index is 13.7. The summed E-state index contributed by atoms with van der Waals surface area (Å²) in [6, 6.07) is 23.6. The molecule has 1 aliphatic heterocycles. The van der Waals surface area contributed by atoms with Gasteiger partial charge in [0.25, 0.3) is 5.91 Å². The van der Waals surface area contributed by atoms with E-state index in [-0.39, 0.29) is 23.9 Å². The zero-order valence-electron chi connectivity index (χ0n) is 20.6. The molecule has 11 heteroatoms. The van der Waals surface area contributed by atoms with Crippen molar-refractivity contribution in [3.8, 4) is 0 Å². The lowest BCUT2D eigenvalue weighted by molar-refractivity contribution is 0.0984. The molecule has 192 valence electrons. The van der Waals surface area contributed by atoms with Crippen LogP contribution in [0.25, 0.3) is 11.0 Å². The largest absolute Gasteiger partial charge is 0.302 e. The molecule has 0 aliphatic carbocycles. The summed E-state index contributed by atoms with van der Waals surface area (Å²) in [6.07, 6.45) is 0.515. The van der Waals surface area contributed by atoms with Crippen LogP contribution >= 0.6 is 11.7 Å². The molecule has 3 aromatic carbocycles. The van der Waals surface area contributed by atoms with Crippen LogP contribution in [0, 0.1) is 0 Å². The minimum absolute atomic E-state index is 0.154. The number of rotatable bonds is 6. The highest BCUT2D eigenvalue weighted by Crippen LogP contribution is 2.31. The molecule has 0 N–H and O–H groups in total. The Morgan fingerprint density at radius 3 is 2.47 bits per heavy atom. The molecule has 0 radical (unpaired) electrons. The Bertz CT molecular complexity index is 1730. The number of hydrogen-bond acceptors (Lipinski definition) is 7. The van der Waals surface area contributed by atoms with E-state index in [9.17, 15) is 13.2 Å². The second-order valence-electron chi connectivity index (χ2n) is 9.07. The minimum Gasteiger partial charge on any atom is -0.302 e. The number of benzene rings is 3. The predicted octanol–water partition coefficient (Wildman–Crippen LogP) is 4.02. The first-order valence-electron chi connectivity index (χ1n) is 12.1. The molecular formula is C27H24N6O3S2. The number of hydrogen-bond donors (Lipinski definition) is 0. The number of sulfonamides is 1. The van der Waals surface area contributed by atoms with Gasteiger partial charge in [-0.1, -0.05) is 42.5 Å². The zero-order chi connectivity index (χ0) is 26.3. The van der Waals surface area contributed by atoms with Crippen molar-refractivity contribution in [1.29, 1.82) is 0 Å². The highest BCUT2D eigenvalue weighted by molar-refractivity contribution is 7.89. The van der Waals surface area contributed by atoms with Crippen molar-refractivity contribution in [2.24, 2.45) is 7.05 Å². The normalized spacial score (nSPS) is 13.9. The van der Waals surface area contributed by atoms with Crippen LogP contribution in [0.15, 0.2) is 83.8 Å². The van der Waals surface area contributed by atoms with Gasteiger partial charge in [0.05, 0.1) is 24.0 Å². The lowest BCUT2D eigenvalue weighted by Gasteiger charge is -2.28. The molecule has 0 bridgehead atoms. The Morgan fingerprint density at radius 1 is 0.974 bits per heavy atom. The highest BCUT2D eigenvalue weighted by atomic mass is 32.2. The summed E-state index contributed by atoms with van der Waals surface area (Å²) in [4.78, 5) is 15.4. The molecule has 3 heterocycles. The van der Waals surface area contributed by atoms with Gasteiger partial charge in [-0.2, -0.15) is 18.2 Å². The molecule has 0 unspecified atom stereocenters. The third kappa shape index (κ3) is 4.28. The van der Waals surface area contributed by atoms with Crippen LogP contribution in [0.5, 0.6) is 0 Å². The first-order chi connectivity index (χ1) is 18.4. The van der Waals surface area contributed by atoms with Gasteiger partial charge in [-0.25, -0.2) is 8.42 Å². The fraction of sp³-hybridized carbons (Fsp3) is 0.185. The van der Waals surface area contributed by atoms with Gasteiger partial charge in [0.15, 0.2) is 0 Å². The lowest BCUT2D eigenvalue weighted by atomic mass is 10.1. The second-order valence-corrected chi connectivity index (χ2v) is 11.5. The van der Waals surface area contributed by atoms with E-state index >= 15 is 0 Å². The molecule has 38 heavy (non-hydrogen) atoms. The van der Waals surface area contributed by atoms with Gasteiger partial charge >= 0.3 is 0 Å². The monoisotopic (exact) mass is 544 g/mol. The quantitative estimate of drug-likeness (QED) is 0.320. The third-order valence-corrected chi connectivity index (χ3v) is 9.22. The first-order valence-corrected chi connectivity index (χ1v) is 14.3. The van der Waals surface area contributed by atoms with Gasteiger partial charge in [0.2, 0.25) is 10.0 Å².